The molecule has 28 heteroatoms. The van der Waals surface area contributed by atoms with E-state index in [9.17, 15) is 73.8 Å². The summed E-state index contributed by atoms with van der Waals surface area (Å²) in [6.45, 7) is 3.91. The predicted molar refractivity (Wildman–Crippen MR) is 213 cm³/mol. The van der Waals surface area contributed by atoms with Crippen LogP contribution in [-0.4, -0.2) is 205 Å². The molecule has 2 aliphatic heterocycles. The number of nitrogens with one attached hydrogen (secondary N) is 6. The van der Waals surface area contributed by atoms with Crippen molar-refractivity contribution in [3.8, 4) is 0 Å². The van der Waals surface area contributed by atoms with E-state index in [1.165, 1.54) is 6.92 Å². The van der Waals surface area contributed by atoms with Crippen molar-refractivity contribution in [1.82, 2.24) is 31.9 Å². The second-order valence-corrected chi connectivity index (χ2v) is 15.5. The second-order valence-electron chi connectivity index (χ2n) is 15.5. The summed E-state index contributed by atoms with van der Waals surface area (Å²) in [5.74, 6) is -9.67. The first kappa shape index (κ1) is 56.0. The summed E-state index contributed by atoms with van der Waals surface area (Å²) in [6, 6.07) is -10.3. The number of hydrogen-bond donors (Lipinski definition) is 15. The van der Waals surface area contributed by atoms with Crippen LogP contribution in [0.25, 0.3) is 0 Å². The van der Waals surface area contributed by atoms with E-state index >= 15 is 0 Å². The molecule has 0 radical (unpaired) electrons. The van der Waals surface area contributed by atoms with Crippen molar-refractivity contribution >= 4 is 53.4 Å². The summed E-state index contributed by atoms with van der Waals surface area (Å²) in [5, 5.41) is 93.8. The zero-order valence-electron chi connectivity index (χ0n) is 36.1. The van der Waals surface area contributed by atoms with Crippen molar-refractivity contribution in [3.63, 3.8) is 0 Å². The van der Waals surface area contributed by atoms with Crippen LogP contribution in [0.5, 0.6) is 0 Å². The van der Waals surface area contributed by atoms with Crippen LogP contribution in [0, 0.1) is 0 Å². The number of nitrogens with two attached hydrogens (primary N) is 1. The molecule has 0 aromatic carbocycles. The fourth-order valence-corrected chi connectivity index (χ4v) is 6.62. The molecule has 0 aromatic heterocycles. The minimum Gasteiger partial charge on any atom is -0.480 e. The van der Waals surface area contributed by atoms with E-state index in [1.807, 2.05) is 0 Å². The van der Waals surface area contributed by atoms with Crippen LogP contribution in [0.15, 0.2) is 0 Å². The molecule has 0 bridgehead atoms. The largest absolute Gasteiger partial charge is 0.480 e. The number of ether oxygens (including phenoxy) is 4. The van der Waals surface area contributed by atoms with Crippen molar-refractivity contribution < 1.29 is 103 Å². The monoisotopic (exact) mass is 939 g/mol. The maximum Gasteiger partial charge on any atom is 0.326 e. The van der Waals surface area contributed by atoms with Crippen LogP contribution in [0.1, 0.15) is 66.7 Å². The van der Waals surface area contributed by atoms with E-state index in [2.05, 4.69) is 31.9 Å². The van der Waals surface area contributed by atoms with Gasteiger partial charge in [-0.2, -0.15) is 0 Å². The molecule has 2 heterocycles. The first-order valence-corrected chi connectivity index (χ1v) is 20.4. The first-order chi connectivity index (χ1) is 30.3. The number of aliphatic carboxylic acids is 3. The lowest BCUT2D eigenvalue weighted by atomic mass is 9.94. The van der Waals surface area contributed by atoms with Crippen molar-refractivity contribution in [3.05, 3.63) is 0 Å². The summed E-state index contributed by atoms with van der Waals surface area (Å²) in [4.78, 5) is 111. The smallest absolute Gasteiger partial charge is 0.326 e. The molecule has 0 aliphatic carbocycles. The molecule has 2 rings (SSSR count). The van der Waals surface area contributed by atoms with Crippen LogP contribution in [0.3, 0.4) is 0 Å². The lowest BCUT2D eigenvalue weighted by Crippen LogP contribution is -2.70. The van der Waals surface area contributed by atoms with Gasteiger partial charge in [-0.05, 0) is 46.5 Å². The van der Waals surface area contributed by atoms with Gasteiger partial charge in [0.15, 0.2) is 12.6 Å². The minimum absolute atomic E-state index is 0.0111. The lowest BCUT2D eigenvalue weighted by Gasteiger charge is -2.48. The fourth-order valence-electron chi connectivity index (χ4n) is 6.62. The Kier molecular flexibility index (Phi) is 22.5. The van der Waals surface area contributed by atoms with Gasteiger partial charge in [-0.15, -0.1) is 0 Å². The first-order valence-electron chi connectivity index (χ1n) is 20.4. The van der Waals surface area contributed by atoms with E-state index in [4.69, 9.17) is 34.9 Å². The molecule has 28 nitrogen and oxygen atoms in total. The van der Waals surface area contributed by atoms with E-state index in [-0.39, 0.29) is 19.3 Å². The van der Waals surface area contributed by atoms with E-state index in [0.29, 0.717) is 0 Å². The zero-order valence-corrected chi connectivity index (χ0v) is 36.1. The number of amides is 6. The van der Waals surface area contributed by atoms with Crippen molar-refractivity contribution in [2.45, 2.75) is 164 Å². The van der Waals surface area contributed by atoms with Crippen molar-refractivity contribution in [1.29, 1.82) is 0 Å². The molecule has 0 saturated carbocycles. The zero-order chi connectivity index (χ0) is 49.5. The Morgan fingerprint density at radius 1 is 0.631 bits per heavy atom. The SMILES string of the molecule is CC(=O)N[C@@H]1[C@@H](O[C@H](C)C(=O)N[C@@H](C)C(=O)N[C@H](CCC(=O)N[C@@H](CCCC(N)C(=O)O)C(=O)N[C@H](C)C(=O)O)C(=O)O)[C@H](O[C@@H]2O[C@H](CO)[C@@H](O)[C@H](O)[C@H]2NC(C)=O)[C@@H](CO)O[C@@H]1O. The number of rotatable bonds is 25. The number of carboxylic acids is 3. The molecule has 16 atom stereocenters. The lowest BCUT2D eigenvalue weighted by molar-refractivity contribution is -0.333. The standard InChI is InChI=1S/C37H61N7O21/c1-13(30(52)44-20(35(59)60)9-10-23(49)43-19(8-6-7-18(38)34(57)58)32(54)40-14(2)33(55)56)39-31(53)15(3)62-29-25(42-17(5)48)36(61)63-22(12-46)28(29)65-37-24(41-16(4)47)27(51)26(50)21(11-45)64-37/h13-15,18-22,24-29,36-37,45-46,50-51,61H,6-12,38H2,1-5H3,(H,39,53)(H,40,54)(H,41,47)(H,42,48)(H,43,49)(H,44,52)(H,55,56)(H,57,58)(H,59,60)/t13-,14+,15+,18?,19-,20+,21+,22+,24+,25+,26+,27+,28+,29+,36-,37-/m0/s1. The Balaban J connectivity index is 2.21. The summed E-state index contributed by atoms with van der Waals surface area (Å²) < 4.78 is 23.1. The molecule has 2 fully saturated rings. The molecule has 6 amide bonds. The van der Waals surface area contributed by atoms with Gasteiger partial charge in [-0.3, -0.25) is 38.4 Å². The van der Waals surface area contributed by atoms with Gasteiger partial charge in [0.05, 0.1) is 13.2 Å². The van der Waals surface area contributed by atoms with Gasteiger partial charge in [-0.25, -0.2) is 4.79 Å². The summed E-state index contributed by atoms with van der Waals surface area (Å²) in [7, 11) is 0. The Morgan fingerprint density at radius 2 is 1.22 bits per heavy atom. The molecular weight excluding hydrogens is 878 g/mol. The fraction of sp³-hybridized carbons (Fsp3) is 0.757. The summed E-state index contributed by atoms with van der Waals surface area (Å²) >= 11 is 0. The van der Waals surface area contributed by atoms with Gasteiger partial charge >= 0.3 is 17.9 Å². The van der Waals surface area contributed by atoms with Gasteiger partial charge in [-0.1, -0.05) is 0 Å². The highest BCUT2D eigenvalue weighted by molar-refractivity contribution is 5.92. The number of carbonyl (C=O) groups is 9. The Bertz CT molecular complexity index is 1690. The summed E-state index contributed by atoms with van der Waals surface area (Å²) in [6.07, 6.45) is -16.4. The number of aliphatic hydroxyl groups is 5. The highest BCUT2D eigenvalue weighted by Gasteiger charge is 2.53. The summed E-state index contributed by atoms with van der Waals surface area (Å²) in [5.41, 5.74) is 5.49. The average Bonchev–Trinajstić information content (AvgIpc) is 3.22. The predicted octanol–water partition coefficient (Wildman–Crippen LogP) is -7.19. The number of carbonyl (C=O) groups excluding carboxylic acids is 6. The van der Waals surface area contributed by atoms with Gasteiger partial charge in [0.1, 0.15) is 85.0 Å². The van der Waals surface area contributed by atoms with Gasteiger partial charge in [0.2, 0.25) is 35.4 Å². The van der Waals surface area contributed by atoms with E-state index in [0.717, 1.165) is 27.7 Å². The molecule has 16 N–H and O–H groups in total. The van der Waals surface area contributed by atoms with Crippen LogP contribution in [-0.2, 0) is 62.1 Å². The van der Waals surface area contributed by atoms with Crippen LogP contribution < -0.4 is 37.6 Å². The van der Waals surface area contributed by atoms with Crippen LogP contribution in [0.2, 0.25) is 0 Å². The topological polar surface area (TPSA) is 451 Å². The van der Waals surface area contributed by atoms with E-state index < -0.39 is 177 Å². The number of aliphatic hydroxyl groups excluding tert-OH is 5. The number of carboxylic acid groups (broad SMARTS) is 3. The molecular formula is C37H61N7O21. The quantitative estimate of drug-likeness (QED) is 0.0404. The minimum atomic E-state index is -1.90. The third-order valence-corrected chi connectivity index (χ3v) is 10.2. The van der Waals surface area contributed by atoms with E-state index in [1.54, 1.807) is 0 Å². The average molecular weight is 940 g/mol. The van der Waals surface area contributed by atoms with Gasteiger partial charge in [0.25, 0.3) is 0 Å². The molecule has 0 aromatic rings. The molecule has 0 spiro atoms. The van der Waals surface area contributed by atoms with Crippen molar-refractivity contribution in [2.75, 3.05) is 13.2 Å². The Hall–Kier alpha value is -5.17. The highest BCUT2D eigenvalue weighted by Crippen LogP contribution is 2.31. The highest BCUT2D eigenvalue weighted by atomic mass is 16.7. The third kappa shape index (κ3) is 17.0. The molecule has 1 unspecified atom stereocenters. The maximum absolute atomic E-state index is 13.4. The van der Waals surface area contributed by atoms with Gasteiger partial charge < -0.3 is 97.4 Å². The molecule has 370 valence electrons. The Labute approximate surface area is 371 Å². The van der Waals surface area contributed by atoms with Gasteiger partial charge in [0, 0.05) is 20.3 Å². The normalized spacial score (nSPS) is 28.1. The third-order valence-electron chi connectivity index (χ3n) is 10.2. The van der Waals surface area contributed by atoms with Crippen molar-refractivity contribution in [2.24, 2.45) is 5.73 Å². The maximum atomic E-state index is 13.4. The molecule has 2 saturated heterocycles. The molecule has 65 heavy (non-hydrogen) atoms. The second kappa shape index (κ2) is 26.1. The van der Waals surface area contributed by atoms with Crippen LogP contribution in [0.4, 0.5) is 0 Å². The number of hydrogen-bond acceptors (Lipinski definition) is 19. The molecule has 2 aliphatic rings. The Morgan fingerprint density at radius 3 is 1.75 bits per heavy atom. The van der Waals surface area contributed by atoms with Crippen LogP contribution >= 0.6 is 0 Å².